The molecule has 1 amide bonds. The average molecular weight is 452 g/mol. The zero-order valence-corrected chi connectivity index (χ0v) is 17.3. The third-order valence-corrected chi connectivity index (χ3v) is 6.32. The molecule has 2 aromatic carbocycles. The van der Waals surface area contributed by atoms with E-state index in [4.69, 9.17) is 5.10 Å². The molecular weight excluding hydrogens is 437 g/mol. The summed E-state index contributed by atoms with van der Waals surface area (Å²) in [6.07, 6.45) is 5.02. The lowest BCUT2D eigenvalue weighted by molar-refractivity contribution is -0.115. The van der Waals surface area contributed by atoms with Crippen LogP contribution in [0.5, 0.6) is 0 Å². The normalized spacial score (nSPS) is 16.0. The molecule has 9 heteroatoms. The van der Waals surface area contributed by atoms with Crippen molar-refractivity contribution in [2.45, 2.75) is 5.37 Å². The standard InChI is InChI=1S/C23H15F3N4OS/c24-17-6-7-18(21(26)20(17)25)30-19(31)13-32-23(30)16-12-29(15-4-2-1-3-5-15)28-22(16)14-8-10-27-11-9-14/h1-12,23H,13H2. The molecule has 5 nitrogen and oxygen atoms in total. The molecule has 4 aromatic rings. The Labute approximate surface area is 185 Å². The SMILES string of the molecule is O=C1CSC(c2cn(-c3ccccc3)nc2-c2ccncc2)N1c1ccc(F)c(F)c1F. The predicted molar refractivity (Wildman–Crippen MR) is 116 cm³/mol. The summed E-state index contributed by atoms with van der Waals surface area (Å²) in [6.45, 7) is 0. The molecule has 1 fully saturated rings. The third-order valence-electron chi connectivity index (χ3n) is 5.13. The molecule has 0 bridgehead atoms. The number of halogens is 3. The Morgan fingerprint density at radius 1 is 0.938 bits per heavy atom. The number of nitrogens with zero attached hydrogens (tertiary/aromatic N) is 4. The average Bonchev–Trinajstić information content (AvgIpc) is 3.43. The van der Waals surface area contributed by atoms with E-state index in [1.807, 2.05) is 30.3 Å². The Kier molecular flexibility index (Phi) is 5.18. The number of benzene rings is 2. The Bertz CT molecular complexity index is 1300. The molecule has 2 aromatic heterocycles. The summed E-state index contributed by atoms with van der Waals surface area (Å²) in [5.41, 5.74) is 2.47. The van der Waals surface area contributed by atoms with Gasteiger partial charge in [0.1, 0.15) is 5.37 Å². The summed E-state index contributed by atoms with van der Waals surface area (Å²) in [7, 11) is 0. The number of pyridine rings is 1. The van der Waals surface area contributed by atoms with Gasteiger partial charge in [-0.1, -0.05) is 18.2 Å². The van der Waals surface area contributed by atoms with Gasteiger partial charge in [-0.3, -0.25) is 14.7 Å². The van der Waals surface area contributed by atoms with Gasteiger partial charge in [0.15, 0.2) is 17.5 Å². The Morgan fingerprint density at radius 2 is 1.69 bits per heavy atom. The second-order valence-electron chi connectivity index (χ2n) is 7.07. The number of carbonyl (C=O) groups excluding carboxylic acids is 1. The van der Waals surface area contributed by atoms with Crippen LogP contribution in [0.3, 0.4) is 0 Å². The summed E-state index contributed by atoms with van der Waals surface area (Å²) in [4.78, 5) is 17.9. The van der Waals surface area contributed by atoms with Crippen LogP contribution in [0.15, 0.2) is 73.2 Å². The first-order valence-corrected chi connectivity index (χ1v) is 10.7. The van der Waals surface area contributed by atoms with E-state index in [1.54, 1.807) is 35.4 Å². The largest absolute Gasteiger partial charge is 0.292 e. The quantitative estimate of drug-likeness (QED) is 0.403. The van der Waals surface area contributed by atoms with Crippen LogP contribution in [0.25, 0.3) is 16.9 Å². The zero-order chi connectivity index (χ0) is 22.2. The van der Waals surface area contributed by atoms with Crippen LogP contribution in [0.4, 0.5) is 18.9 Å². The number of para-hydroxylation sites is 1. The molecule has 0 radical (unpaired) electrons. The first-order valence-electron chi connectivity index (χ1n) is 9.67. The van der Waals surface area contributed by atoms with Gasteiger partial charge < -0.3 is 0 Å². The summed E-state index contributed by atoms with van der Waals surface area (Å²) in [5.74, 6) is -4.66. The lowest BCUT2D eigenvalue weighted by atomic mass is 10.1. The van der Waals surface area contributed by atoms with Gasteiger partial charge in [-0.15, -0.1) is 11.8 Å². The van der Waals surface area contributed by atoms with Crippen molar-refractivity contribution in [1.29, 1.82) is 0 Å². The topological polar surface area (TPSA) is 51.0 Å². The molecule has 1 saturated heterocycles. The van der Waals surface area contributed by atoms with Gasteiger partial charge >= 0.3 is 0 Å². The van der Waals surface area contributed by atoms with Crippen molar-refractivity contribution >= 4 is 23.4 Å². The lowest BCUT2D eigenvalue weighted by Gasteiger charge is -2.24. The Balaban J connectivity index is 1.67. The molecule has 0 saturated carbocycles. The van der Waals surface area contributed by atoms with E-state index >= 15 is 0 Å². The van der Waals surface area contributed by atoms with Crippen molar-refractivity contribution in [3.8, 4) is 16.9 Å². The van der Waals surface area contributed by atoms with Gasteiger partial charge in [0.25, 0.3) is 0 Å². The van der Waals surface area contributed by atoms with Gasteiger partial charge in [0.05, 0.1) is 22.8 Å². The minimum atomic E-state index is -1.61. The fourth-order valence-electron chi connectivity index (χ4n) is 3.63. The van der Waals surface area contributed by atoms with Crippen LogP contribution in [0.2, 0.25) is 0 Å². The van der Waals surface area contributed by atoms with Crippen molar-refractivity contribution in [1.82, 2.24) is 14.8 Å². The van der Waals surface area contributed by atoms with E-state index in [0.717, 1.165) is 23.4 Å². The highest BCUT2D eigenvalue weighted by atomic mass is 32.2. The van der Waals surface area contributed by atoms with Gasteiger partial charge in [0.2, 0.25) is 5.91 Å². The van der Waals surface area contributed by atoms with Gasteiger partial charge in [-0.2, -0.15) is 5.10 Å². The molecule has 1 aliphatic rings. The minimum absolute atomic E-state index is 0.0649. The number of rotatable bonds is 4. The van der Waals surface area contributed by atoms with Gasteiger partial charge in [0, 0.05) is 29.7 Å². The van der Waals surface area contributed by atoms with Crippen LogP contribution < -0.4 is 4.90 Å². The number of thioether (sulfide) groups is 1. The maximum absolute atomic E-state index is 14.6. The fraction of sp³-hybridized carbons (Fsp3) is 0.0870. The van der Waals surface area contributed by atoms with E-state index in [1.165, 1.54) is 16.7 Å². The molecule has 5 rings (SSSR count). The van der Waals surface area contributed by atoms with Crippen molar-refractivity contribution < 1.29 is 18.0 Å². The monoisotopic (exact) mass is 452 g/mol. The molecule has 0 spiro atoms. The molecule has 0 N–H and O–H groups in total. The number of anilines is 1. The number of carbonyl (C=O) groups is 1. The van der Waals surface area contributed by atoms with E-state index in [0.29, 0.717) is 11.3 Å². The summed E-state index contributed by atoms with van der Waals surface area (Å²) < 4.78 is 43.7. The fourth-order valence-corrected chi connectivity index (χ4v) is 4.80. The highest BCUT2D eigenvalue weighted by molar-refractivity contribution is 8.00. The zero-order valence-electron chi connectivity index (χ0n) is 16.5. The van der Waals surface area contributed by atoms with Crippen LogP contribution in [0.1, 0.15) is 10.9 Å². The van der Waals surface area contributed by atoms with Crippen molar-refractivity contribution in [2.24, 2.45) is 0 Å². The van der Waals surface area contributed by atoms with Crippen LogP contribution >= 0.6 is 11.8 Å². The van der Waals surface area contributed by atoms with Crippen LogP contribution in [0, 0.1) is 17.5 Å². The molecule has 160 valence electrons. The van der Waals surface area contributed by atoms with E-state index in [-0.39, 0.29) is 11.4 Å². The Morgan fingerprint density at radius 3 is 2.44 bits per heavy atom. The van der Waals surface area contributed by atoms with Crippen LogP contribution in [-0.2, 0) is 4.79 Å². The minimum Gasteiger partial charge on any atom is -0.292 e. The predicted octanol–water partition coefficient (Wildman–Crippen LogP) is 5.13. The Hall–Kier alpha value is -3.59. The molecule has 1 atom stereocenters. The van der Waals surface area contributed by atoms with Crippen molar-refractivity contribution in [3.63, 3.8) is 0 Å². The molecule has 0 aliphatic carbocycles. The smallest absolute Gasteiger partial charge is 0.238 e. The number of hydrogen-bond donors (Lipinski definition) is 0. The summed E-state index contributed by atoms with van der Waals surface area (Å²) >= 11 is 1.27. The maximum Gasteiger partial charge on any atom is 0.238 e. The van der Waals surface area contributed by atoms with Gasteiger partial charge in [-0.25, -0.2) is 17.9 Å². The highest BCUT2D eigenvalue weighted by Crippen LogP contribution is 2.45. The molecule has 1 aliphatic heterocycles. The van der Waals surface area contributed by atoms with Crippen LogP contribution in [-0.4, -0.2) is 26.4 Å². The van der Waals surface area contributed by atoms with Crippen molar-refractivity contribution in [2.75, 3.05) is 10.7 Å². The van der Waals surface area contributed by atoms with E-state index < -0.39 is 28.7 Å². The number of hydrogen-bond acceptors (Lipinski definition) is 4. The first-order chi connectivity index (χ1) is 15.5. The molecule has 1 unspecified atom stereocenters. The first kappa shape index (κ1) is 20.3. The second-order valence-corrected chi connectivity index (χ2v) is 8.14. The number of aromatic nitrogens is 3. The lowest BCUT2D eigenvalue weighted by Crippen LogP contribution is -2.29. The van der Waals surface area contributed by atoms with E-state index in [2.05, 4.69) is 4.98 Å². The molecule has 3 heterocycles. The second kappa shape index (κ2) is 8.16. The van der Waals surface area contributed by atoms with Gasteiger partial charge in [-0.05, 0) is 36.4 Å². The maximum atomic E-state index is 14.6. The van der Waals surface area contributed by atoms with Crippen molar-refractivity contribution in [3.05, 3.63) is 96.2 Å². The molecule has 32 heavy (non-hydrogen) atoms. The van der Waals surface area contributed by atoms with E-state index in [9.17, 15) is 18.0 Å². The summed E-state index contributed by atoms with van der Waals surface area (Å²) in [5, 5.41) is 4.03. The third kappa shape index (κ3) is 3.44. The highest BCUT2D eigenvalue weighted by Gasteiger charge is 2.39. The molecular formula is C23H15F3N4OS. The summed E-state index contributed by atoms with van der Waals surface area (Å²) in [6, 6.07) is 14.9. The number of amides is 1.